The summed E-state index contributed by atoms with van der Waals surface area (Å²) in [5.74, 6) is 0.867. The van der Waals surface area contributed by atoms with Crippen molar-refractivity contribution >= 4 is 31.9 Å². The van der Waals surface area contributed by atoms with Gasteiger partial charge in [0.2, 0.25) is 0 Å². The van der Waals surface area contributed by atoms with E-state index in [0.717, 1.165) is 28.0 Å². The monoisotopic (exact) mass is 345 g/mol. The van der Waals surface area contributed by atoms with Gasteiger partial charge in [0.25, 0.3) is 0 Å². The molecule has 0 spiro atoms. The molecule has 3 heteroatoms. The lowest BCUT2D eigenvalue weighted by Gasteiger charge is -2.07. The van der Waals surface area contributed by atoms with E-state index in [1.165, 1.54) is 12.0 Å². The van der Waals surface area contributed by atoms with Crippen LogP contribution in [-0.2, 0) is 6.54 Å². The van der Waals surface area contributed by atoms with E-state index in [2.05, 4.69) is 69.2 Å². The molecule has 1 unspecified atom stereocenters. The molecule has 1 aromatic rings. The summed E-state index contributed by atoms with van der Waals surface area (Å²) in [5.41, 5.74) is 1.90. The Kier molecular flexibility index (Phi) is 3.77. The van der Waals surface area contributed by atoms with E-state index in [1.54, 1.807) is 0 Å². The van der Waals surface area contributed by atoms with Gasteiger partial charge in [0.1, 0.15) is 0 Å². The van der Waals surface area contributed by atoms with Crippen molar-refractivity contribution in [2.75, 3.05) is 6.54 Å². The predicted octanol–water partition coefficient (Wildman–Crippen LogP) is 4.35. The first-order chi connectivity index (χ1) is 7.49. The third-order valence-corrected chi connectivity index (χ3v) is 5.30. The van der Waals surface area contributed by atoms with Crippen LogP contribution in [0, 0.1) is 11.3 Å². The summed E-state index contributed by atoms with van der Waals surface area (Å²) in [4.78, 5) is 0. The second kappa shape index (κ2) is 4.79. The molecule has 16 heavy (non-hydrogen) atoms. The van der Waals surface area contributed by atoms with Gasteiger partial charge in [-0.05, 0) is 73.9 Å². The molecule has 1 fully saturated rings. The average Bonchev–Trinajstić information content (AvgIpc) is 2.80. The number of rotatable bonds is 4. The highest BCUT2D eigenvalue weighted by molar-refractivity contribution is 9.13. The molecule has 1 aliphatic rings. The molecule has 2 rings (SSSR count). The van der Waals surface area contributed by atoms with Gasteiger partial charge in [0.15, 0.2) is 0 Å². The van der Waals surface area contributed by atoms with Gasteiger partial charge in [0.05, 0.1) is 0 Å². The van der Waals surface area contributed by atoms with Gasteiger partial charge in [-0.25, -0.2) is 0 Å². The lowest BCUT2D eigenvalue weighted by molar-refractivity contribution is 0.519. The predicted molar refractivity (Wildman–Crippen MR) is 75.4 cm³/mol. The smallest absolute Gasteiger partial charge is 0.0320 e. The third-order valence-electron chi connectivity index (χ3n) is 3.42. The fourth-order valence-corrected chi connectivity index (χ4v) is 2.64. The lowest BCUT2D eigenvalue weighted by atomic mass is 10.1. The van der Waals surface area contributed by atoms with Crippen molar-refractivity contribution in [3.8, 4) is 0 Å². The highest BCUT2D eigenvalue weighted by Gasteiger charge is 2.44. The first kappa shape index (κ1) is 12.6. The Morgan fingerprint density at radius 3 is 2.56 bits per heavy atom. The summed E-state index contributed by atoms with van der Waals surface area (Å²) in [6.07, 6.45) is 1.37. The first-order valence-corrected chi connectivity index (χ1v) is 7.22. The quantitative estimate of drug-likeness (QED) is 0.854. The molecule has 1 saturated carbocycles. The average molecular weight is 347 g/mol. The van der Waals surface area contributed by atoms with Crippen LogP contribution in [-0.4, -0.2) is 6.54 Å². The molecule has 88 valence electrons. The molecular weight excluding hydrogens is 330 g/mol. The molecule has 0 bridgehead atoms. The highest BCUT2D eigenvalue weighted by Crippen LogP contribution is 2.50. The molecule has 0 heterocycles. The maximum absolute atomic E-state index is 3.53. The zero-order chi connectivity index (χ0) is 11.8. The van der Waals surface area contributed by atoms with Crippen LogP contribution in [0.3, 0.4) is 0 Å². The molecule has 0 amide bonds. The Hall–Kier alpha value is 0.140. The summed E-state index contributed by atoms with van der Waals surface area (Å²) < 4.78 is 2.23. The zero-order valence-corrected chi connectivity index (χ0v) is 12.9. The van der Waals surface area contributed by atoms with Crippen molar-refractivity contribution in [2.24, 2.45) is 11.3 Å². The number of nitrogens with one attached hydrogen (secondary N) is 1. The molecular formula is C13H17Br2N. The Morgan fingerprint density at radius 2 is 2.00 bits per heavy atom. The van der Waals surface area contributed by atoms with Gasteiger partial charge in [-0.3, -0.25) is 0 Å². The Labute approximate surface area is 114 Å². The summed E-state index contributed by atoms with van der Waals surface area (Å²) in [6.45, 7) is 6.78. The van der Waals surface area contributed by atoms with E-state index in [1.807, 2.05) is 0 Å². The van der Waals surface area contributed by atoms with E-state index in [-0.39, 0.29) is 0 Å². The molecule has 1 aliphatic carbocycles. The van der Waals surface area contributed by atoms with Crippen molar-refractivity contribution < 1.29 is 0 Å². The molecule has 0 aromatic heterocycles. The normalized spacial score (nSPS) is 22.1. The van der Waals surface area contributed by atoms with E-state index in [9.17, 15) is 0 Å². The summed E-state index contributed by atoms with van der Waals surface area (Å²) in [5, 5.41) is 3.53. The fraction of sp³-hybridized carbons (Fsp3) is 0.538. The lowest BCUT2D eigenvalue weighted by Crippen LogP contribution is -2.18. The standard InChI is InChI=1S/C13H17Br2N/c1-13(2)6-10(13)8-16-7-9-3-4-11(14)12(15)5-9/h3-5,10,16H,6-8H2,1-2H3. The summed E-state index contributed by atoms with van der Waals surface area (Å²) in [6, 6.07) is 6.40. The van der Waals surface area contributed by atoms with Crippen molar-refractivity contribution in [1.29, 1.82) is 0 Å². The number of hydrogen-bond acceptors (Lipinski definition) is 1. The van der Waals surface area contributed by atoms with Crippen LogP contribution >= 0.6 is 31.9 Å². The van der Waals surface area contributed by atoms with Crippen LogP contribution in [0.4, 0.5) is 0 Å². The molecule has 0 radical (unpaired) electrons. The molecule has 1 atom stereocenters. The molecule has 0 aliphatic heterocycles. The fourth-order valence-electron chi connectivity index (χ4n) is 1.96. The van der Waals surface area contributed by atoms with Crippen molar-refractivity contribution in [2.45, 2.75) is 26.8 Å². The minimum atomic E-state index is 0.577. The van der Waals surface area contributed by atoms with Gasteiger partial charge in [0, 0.05) is 15.5 Å². The van der Waals surface area contributed by atoms with Crippen molar-refractivity contribution in [3.63, 3.8) is 0 Å². The second-order valence-corrected chi connectivity index (χ2v) is 6.98. The van der Waals surface area contributed by atoms with E-state index in [0.29, 0.717) is 5.41 Å². The topological polar surface area (TPSA) is 12.0 Å². The Balaban J connectivity index is 1.79. The summed E-state index contributed by atoms with van der Waals surface area (Å²) in [7, 11) is 0. The van der Waals surface area contributed by atoms with Crippen LogP contribution in [0.1, 0.15) is 25.8 Å². The van der Waals surface area contributed by atoms with Gasteiger partial charge in [-0.15, -0.1) is 0 Å². The maximum Gasteiger partial charge on any atom is 0.0320 e. The van der Waals surface area contributed by atoms with Crippen molar-refractivity contribution in [1.82, 2.24) is 5.32 Å². The highest BCUT2D eigenvalue weighted by atomic mass is 79.9. The van der Waals surface area contributed by atoms with Gasteiger partial charge in [-0.1, -0.05) is 19.9 Å². The third kappa shape index (κ3) is 3.08. The van der Waals surface area contributed by atoms with Gasteiger partial charge in [-0.2, -0.15) is 0 Å². The minimum Gasteiger partial charge on any atom is -0.312 e. The maximum atomic E-state index is 3.53. The van der Waals surface area contributed by atoms with E-state index < -0.39 is 0 Å². The molecule has 1 aromatic carbocycles. The van der Waals surface area contributed by atoms with Crippen molar-refractivity contribution in [3.05, 3.63) is 32.7 Å². The zero-order valence-electron chi connectivity index (χ0n) is 9.69. The number of hydrogen-bond donors (Lipinski definition) is 1. The van der Waals surface area contributed by atoms with Crippen LogP contribution in [0.5, 0.6) is 0 Å². The van der Waals surface area contributed by atoms with E-state index in [4.69, 9.17) is 0 Å². The van der Waals surface area contributed by atoms with Gasteiger partial charge >= 0.3 is 0 Å². The van der Waals surface area contributed by atoms with Crippen LogP contribution in [0.25, 0.3) is 0 Å². The summed E-state index contributed by atoms with van der Waals surface area (Å²) >= 11 is 7.00. The largest absolute Gasteiger partial charge is 0.312 e. The van der Waals surface area contributed by atoms with Crippen LogP contribution in [0.15, 0.2) is 27.1 Å². The van der Waals surface area contributed by atoms with Crippen LogP contribution in [0.2, 0.25) is 0 Å². The Morgan fingerprint density at radius 1 is 1.31 bits per heavy atom. The van der Waals surface area contributed by atoms with Crippen LogP contribution < -0.4 is 5.32 Å². The van der Waals surface area contributed by atoms with E-state index >= 15 is 0 Å². The number of benzene rings is 1. The molecule has 0 saturated heterocycles. The minimum absolute atomic E-state index is 0.577. The Bertz CT molecular complexity index is 388. The number of halogens is 2. The molecule has 1 N–H and O–H groups in total. The first-order valence-electron chi connectivity index (χ1n) is 5.64. The SMILES string of the molecule is CC1(C)CC1CNCc1ccc(Br)c(Br)c1. The second-order valence-electron chi connectivity index (χ2n) is 5.27. The molecule has 1 nitrogen and oxygen atoms in total. The van der Waals surface area contributed by atoms with Gasteiger partial charge < -0.3 is 5.32 Å².